The highest BCUT2D eigenvalue weighted by molar-refractivity contribution is 7.99. The topological polar surface area (TPSA) is 100 Å². The van der Waals surface area contributed by atoms with Gasteiger partial charge in [-0.15, -0.1) is 10.2 Å². The van der Waals surface area contributed by atoms with Gasteiger partial charge in [-0.1, -0.05) is 11.8 Å². The van der Waals surface area contributed by atoms with E-state index in [1.807, 2.05) is 0 Å². The number of ether oxygens (including phenoxy) is 2. The van der Waals surface area contributed by atoms with Gasteiger partial charge in [0.25, 0.3) is 0 Å². The lowest BCUT2D eigenvalue weighted by molar-refractivity contribution is 0.101. The van der Waals surface area contributed by atoms with Crippen LogP contribution in [0.3, 0.4) is 0 Å². The molecule has 0 saturated carbocycles. The van der Waals surface area contributed by atoms with Crippen LogP contribution in [0.15, 0.2) is 69.4 Å². The summed E-state index contributed by atoms with van der Waals surface area (Å²) in [5.74, 6) is 1.04. The Balaban J connectivity index is 1.59. The van der Waals surface area contributed by atoms with Crippen LogP contribution >= 0.6 is 11.8 Å². The SMILES string of the molecule is COc1ccc(OC)c(C(=O)CSc2nnc(-c3ccoc3)c(-c3ccoc3)n2)c1. The maximum Gasteiger partial charge on any atom is 0.210 e. The minimum Gasteiger partial charge on any atom is -0.497 e. The van der Waals surface area contributed by atoms with Crippen LogP contribution < -0.4 is 9.47 Å². The summed E-state index contributed by atoms with van der Waals surface area (Å²) in [6.45, 7) is 0. The molecule has 4 rings (SSSR count). The second kappa shape index (κ2) is 8.83. The van der Waals surface area contributed by atoms with E-state index in [1.54, 1.807) is 62.5 Å². The number of carbonyl (C=O) groups excluding carboxylic acids is 1. The first-order chi connectivity index (χ1) is 14.7. The minimum atomic E-state index is -0.136. The number of thioether (sulfide) groups is 1. The lowest BCUT2D eigenvalue weighted by Crippen LogP contribution is -2.07. The van der Waals surface area contributed by atoms with Gasteiger partial charge in [-0.25, -0.2) is 4.98 Å². The van der Waals surface area contributed by atoms with E-state index in [1.165, 1.54) is 18.9 Å². The Morgan fingerprint density at radius 3 is 2.33 bits per heavy atom. The molecule has 0 aliphatic rings. The predicted octanol–water partition coefficient (Wildman–Crippen LogP) is 4.38. The minimum absolute atomic E-state index is 0.112. The lowest BCUT2D eigenvalue weighted by Gasteiger charge is -2.09. The Bertz CT molecular complexity index is 1140. The second-order valence-corrected chi connectivity index (χ2v) is 7.04. The quantitative estimate of drug-likeness (QED) is 0.302. The number of methoxy groups -OCH3 is 2. The third-order valence-corrected chi connectivity index (χ3v) is 5.13. The first kappa shape index (κ1) is 19.7. The zero-order chi connectivity index (χ0) is 20.9. The van der Waals surface area contributed by atoms with Crippen molar-refractivity contribution in [1.29, 1.82) is 0 Å². The van der Waals surface area contributed by atoms with Gasteiger partial charge in [-0.05, 0) is 30.3 Å². The van der Waals surface area contributed by atoms with Crippen molar-refractivity contribution in [2.75, 3.05) is 20.0 Å². The van der Waals surface area contributed by atoms with Crippen molar-refractivity contribution >= 4 is 17.5 Å². The molecule has 0 aliphatic carbocycles. The molecule has 1 aromatic carbocycles. The van der Waals surface area contributed by atoms with E-state index < -0.39 is 0 Å². The molecule has 0 amide bonds. The van der Waals surface area contributed by atoms with Gasteiger partial charge >= 0.3 is 0 Å². The maximum atomic E-state index is 12.8. The average Bonchev–Trinajstić information content (AvgIpc) is 3.51. The van der Waals surface area contributed by atoms with Gasteiger partial charge in [0, 0.05) is 11.1 Å². The molecule has 3 heterocycles. The summed E-state index contributed by atoms with van der Waals surface area (Å²) < 4.78 is 20.8. The Morgan fingerprint density at radius 2 is 1.70 bits per heavy atom. The van der Waals surface area contributed by atoms with Crippen LogP contribution in [0.2, 0.25) is 0 Å². The van der Waals surface area contributed by atoms with Crippen molar-refractivity contribution in [3.8, 4) is 34.0 Å². The number of nitrogens with zero attached hydrogens (tertiary/aromatic N) is 3. The third kappa shape index (κ3) is 4.06. The van der Waals surface area contributed by atoms with Crippen LogP contribution in [0, 0.1) is 0 Å². The monoisotopic (exact) mass is 423 g/mol. The molecule has 3 aromatic heterocycles. The molecule has 0 unspecified atom stereocenters. The number of ketones is 1. The molecular formula is C21H17N3O5S. The number of hydrogen-bond acceptors (Lipinski definition) is 9. The molecule has 4 aromatic rings. The van der Waals surface area contributed by atoms with Crippen LogP contribution in [0.4, 0.5) is 0 Å². The average molecular weight is 423 g/mol. The standard InChI is InChI=1S/C21H17N3O5S/c1-26-15-3-4-18(27-2)16(9-15)17(25)12-30-21-22-19(13-5-7-28-10-13)20(23-24-21)14-6-8-29-11-14/h3-11H,12H2,1-2H3. The van der Waals surface area contributed by atoms with Gasteiger partial charge in [-0.3, -0.25) is 4.79 Å². The zero-order valence-corrected chi connectivity index (χ0v) is 17.0. The normalized spacial score (nSPS) is 10.7. The van der Waals surface area contributed by atoms with Gasteiger partial charge in [0.15, 0.2) is 5.78 Å². The van der Waals surface area contributed by atoms with Gasteiger partial charge in [0.1, 0.15) is 22.9 Å². The van der Waals surface area contributed by atoms with E-state index in [4.69, 9.17) is 18.3 Å². The van der Waals surface area contributed by atoms with Gasteiger partial charge < -0.3 is 18.3 Å². The van der Waals surface area contributed by atoms with E-state index in [9.17, 15) is 4.79 Å². The molecule has 8 nitrogen and oxygen atoms in total. The van der Waals surface area contributed by atoms with Crippen molar-refractivity contribution in [2.24, 2.45) is 0 Å². The molecule has 0 N–H and O–H groups in total. The highest BCUT2D eigenvalue weighted by Crippen LogP contribution is 2.31. The highest BCUT2D eigenvalue weighted by atomic mass is 32.2. The summed E-state index contributed by atoms with van der Waals surface area (Å²) in [6, 6.07) is 8.65. The molecule has 0 saturated heterocycles. The first-order valence-electron chi connectivity index (χ1n) is 8.87. The molecule has 30 heavy (non-hydrogen) atoms. The van der Waals surface area contributed by atoms with Gasteiger partial charge in [-0.2, -0.15) is 0 Å². The Hall–Kier alpha value is -3.59. The smallest absolute Gasteiger partial charge is 0.210 e. The Kier molecular flexibility index (Phi) is 5.80. The Morgan fingerprint density at radius 1 is 0.967 bits per heavy atom. The lowest BCUT2D eigenvalue weighted by atomic mass is 10.1. The van der Waals surface area contributed by atoms with Crippen LogP contribution in [0.5, 0.6) is 11.5 Å². The fraction of sp³-hybridized carbons (Fsp3) is 0.143. The molecular weight excluding hydrogens is 406 g/mol. The highest BCUT2D eigenvalue weighted by Gasteiger charge is 2.18. The fourth-order valence-corrected chi connectivity index (χ4v) is 3.48. The first-order valence-corrected chi connectivity index (χ1v) is 9.86. The Labute approximate surface area is 176 Å². The van der Waals surface area contributed by atoms with Crippen molar-refractivity contribution in [3.63, 3.8) is 0 Å². The molecule has 0 spiro atoms. The van der Waals surface area contributed by atoms with E-state index in [0.29, 0.717) is 33.6 Å². The summed E-state index contributed by atoms with van der Waals surface area (Å²) in [4.78, 5) is 17.4. The molecule has 0 radical (unpaired) electrons. The maximum absolute atomic E-state index is 12.8. The van der Waals surface area contributed by atoms with Gasteiger partial charge in [0.05, 0.1) is 50.6 Å². The molecule has 152 valence electrons. The summed E-state index contributed by atoms with van der Waals surface area (Å²) in [6.07, 6.45) is 6.26. The summed E-state index contributed by atoms with van der Waals surface area (Å²) in [5, 5.41) is 8.84. The summed E-state index contributed by atoms with van der Waals surface area (Å²) >= 11 is 1.19. The predicted molar refractivity (Wildman–Crippen MR) is 110 cm³/mol. The number of aromatic nitrogens is 3. The summed E-state index contributed by atoms with van der Waals surface area (Å²) in [5.41, 5.74) is 3.09. The van der Waals surface area contributed by atoms with Crippen molar-refractivity contribution in [1.82, 2.24) is 15.2 Å². The van der Waals surface area contributed by atoms with Crippen molar-refractivity contribution < 1.29 is 23.1 Å². The molecule has 0 bridgehead atoms. The van der Waals surface area contributed by atoms with Crippen molar-refractivity contribution in [3.05, 3.63) is 60.9 Å². The number of Topliss-reactive ketones (excluding diaryl/α,β-unsaturated/α-hetero) is 1. The van der Waals surface area contributed by atoms with E-state index in [2.05, 4.69) is 15.2 Å². The van der Waals surface area contributed by atoms with Crippen LogP contribution in [0.25, 0.3) is 22.5 Å². The number of hydrogen-bond donors (Lipinski definition) is 0. The second-order valence-electron chi connectivity index (χ2n) is 6.09. The van der Waals surface area contributed by atoms with Crippen LogP contribution in [-0.2, 0) is 0 Å². The third-order valence-electron chi connectivity index (χ3n) is 4.30. The van der Waals surface area contributed by atoms with Crippen LogP contribution in [-0.4, -0.2) is 40.9 Å². The van der Waals surface area contributed by atoms with Crippen LogP contribution in [0.1, 0.15) is 10.4 Å². The summed E-state index contributed by atoms with van der Waals surface area (Å²) in [7, 11) is 3.06. The van der Waals surface area contributed by atoms with E-state index >= 15 is 0 Å². The number of furan rings is 2. The molecule has 0 aliphatic heterocycles. The van der Waals surface area contributed by atoms with E-state index in [0.717, 1.165) is 11.1 Å². The van der Waals surface area contributed by atoms with E-state index in [-0.39, 0.29) is 11.5 Å². The number of carbonyl (C=O) groups is 1. The largest absolute Gasteiger partial charge is 0.497 e. The number of rotatable bonds is 8. The van der Waals surface area contributed by atoms with Gasteiger partial charge in [0.2, 0.25) is 5.16 Å². The fourth-order valence-electron chi connectivity index (χ4n) is 2.81. The molecule has 0 fully saturated rings. The number of benzene rings is 1. The van der Waals surface area contributed by atoms with Crippen molar-refractivity contribution in [2.45, 2.75) is 5.16 Å². The zero-order valence-electron chi connectivity index (χ0n) is 16.2. The molecule has 0 atom stereocenters. The molecule has 9 heteroatoms.